The highest BCUT2D eigenvalue weighted by molar-refractivity contribution is 5.76. The number of amides is 1. The molecular weight excluding hydrogens is 266 g/mol. The van der Waals surface area contributed by atoms with Gasteiger partial charge in [-0.15, -0.1) is 0 Å². The lowest BCUT2D eigenvalue weighted by Crippen LogP contribution is -2.45. The first-order valence-corrected chi connectivity index (χ1v) is 7.61. The van der Waals surface area contributed by atoms with E-state index in [-0.39, 0.29) is 11.8 Å². The Morgan fingerprint density at radius 1 is 1.48 bits per heavy atom. The van der Waals surface area contributed by atoms with Gasteiger partial charge in [0.2, 0.25) is 5.91 Å². The number of carbonyl (C=O) groups is 1. The van der Waals surface area contributed by atoms with Gasteiger partial charge in [-0.2, -0.15) is 0 Å². The van der Waals surface area contributed by atoms with Crippen LogP contribution in [0.5, 0.6) is 0 Å². The number of likely N-dealkylation sites (tertiary alicyclic amines) is 1. The zero-order valence-electron chi connectivity index (χ0n) is 13.1. The summed E-state index contributed by atoms with van der Waals surface area (Å²) in [5.74, 6) is 1.39. The van der Waals surface area contributed by atoms with Crippen molar-refractivity contribution in [3.8, 4) is 0 Å². The molecule has 116 valence electrons. The predicted molar refractivity (Wildman–Crippen MR) is 82.7 cm³/mol. The summed E-state index contributed by atoms with van der Waals surface area (Å²) in [4.78, 5) is 22.7. The van der Waals surface area contributed by atoms with Crippen molar-refractivity contribution in [2.45, 2.75) is 46.2 Å². The van der Waals surface area contributed by atoms with Crippen molar-refractivity contribution in [3.05, 3.63) is 17.6 Å². The average molecular weight is 291 g/mol. The highest BCUT2D eigenvalue weighted by atomic mass is 16.1. The number of carbonyl (C=O) groups excluding carboxylic acids is 1. The van der Waals surface area contributed by atoms with E-state index in [1.165, 1.54) is 0 Å². The topological polar surface area (TPSA) is 84.1 Å². The molecule has 1 saturated heterocycles. The average Bonchev–Trinajstić information content (AvgIpc) is 2.40. The first kappa shape index (κ1) is 15.7. The second-order valence-electron chi connectivity index (χ2n) is 5.80. The van der Waals surface area contributed by atoms with E-state index in [9.17, 15) is 4.79 Å². The van der Waals surface area contributed by atoms with Crippen molar-refractivity contribution >= 4 is 11.7 Å². The zero-order valence-corrected chi connectivity index (χ0v) is 13.1. The third-order valence-electron chi connectivity index (χ3n) is 4.02. The van der Waals surface area contributed by atoms with Gasteiger partial charge >= 0.3 is 0 Å². The van der Waals surface area contributed by atoms with Crippen LogP contribution in [0.2, 0.25) is 0 Å². The highest BCUT2D eigenvalue weighted by Gasteiger charge is 2.29. The maximum atomic E-state index is 11.4. The number of piperidine rings is 1. The summed E-state index contributed by atoms with van der Waals surface area (Å²) in [6.45, 7) is 8.38. The fraction of sp³-hybridized carbons (Fsp3) is 0.667. The molecule has 1 aliphatic rings. The van der Waals surface area contributed by atoms with E-state index < -0.39 is 0 Å². The number of nitrogens with zero attached hydrogens (tertiary/aromatic N) is 3. The number of rotatable bonds is 5. The maximum absolute atomic E-state index is 11.4. The second kappa shape index (κ2) is 6.85. The van der Waals surface area contributed by atoms with Gasteiger partial charge in [-0.3, -0.25) is 9.69 Å². The molecule has 1 aliphatic heterocycles. The SMILES string of the molecule is CCNc1cc(C)nc(CN2CC(C(N)=O)CCC2C)n1. The molecule has 1 aromatic heterocycles. The molecule has 0 bridgehead atoms. The summed E-state index contributed by atoms with van der Waals surface area (Å²) in [6.07, 6.45) is 1.86. The van der Waals surface area contributed by atoms with E-state index in [0.29, 0.717) is 19.1 Å². The van der Waals surface area contributed by atoms with Gasteiger partial charge in [0, 0.05) is 30.9 Å². The van der Waals surface area contributed by atoms with Gasteiger partial charge in [-0.05, 0) is 33.6 Å². The van der Waals surface area contributed by atoms with Crippen LogP contribution >= 0.6 is 0 Å². The molecule has 2 atom stereocenters. The zero-order chi connectivity index (χ0) is 15.4. The molecule has 21 heavy (non-hydrogen) atoms. The Balaban J connectivity index is 2.10. The number of hydrogen-bond acceptors (Lipinski definition) is 5. The van der Waals surface area contributed by atoms with E-state index in [4.69, 9.17) is 5.73 Å². The Kier molecular flexibility index (Phi) is 5.12. The normalized spacial score (nSPS) is 23.0. The van der Waals surface area contributed by atoms with Crippen LogP contribution < -0.4 is 11.1 Å². The van der Waals surface area contributed by atoms with E-state index in [0.717, 1.165) is 36.7 Å². The molecular formula is C15H25N5O. The molecule has 1 amide bonds. The fourth-order valence-electron chi connectivity index (χ4n) is 2.79. The van der Waals surface area contributed by atoms with Gasteiger partial charge in [-0.25, -0.2) is 9.97 Å². The van der Waals surface area contributed by atoms with Crippen molar-refractivity contribution in [1.29, 1.82) is 0 Å². The molecule has 0 aromatic carbocycles. The first-order chi connectivity index (χ1) is 9.99. The van der Waals surface area contributed by atoms with Gasteiger partial charge in [0.15, 0.2) is 0 Å². The predicted octanol–water partition coefficient (Wildman–Crippen LogP) is 1.30. The number of aryl methyl sites for hydroxylation is 1. The molecule has 2 rings (SSSR count). The van der Waals surface area contributed by atoms with Crippen LogP contribution in [0.4, 0.5) is 5.82 Å². The Morgan fingerprint density at radius 3 is 2.90 bits per heavy atom. The molecule has 0 aliphatic carbocycles. The first-order valence-electron chi connectivity index (χ1n) is 7.61. The molecule has 1 fully saturated rings. The van der Waals surface area contributed by atoms with E-state index in [2.05, 4.69) is 27.1 Å². The Labute approximate surface area is 126 Å². The van der Waals surface area contributed by atoms with Crippen LogP contribution in [0, 0.1) is 12.8 Å². The van der Waals surface area contributed by atoms with Crippen molar-refractivity contribution in [2.75, 3.05) is 18.4 Å². The number of nitrogens with one attached hydrogen (secondary N) is 1. The molecule has 2 heterocycles. The lowest BCUT2D eigenvalue weighted by Gasteiger charge is -2.36. The fourth-order valence-corrected chi connectivity index (χ4v) is 2.79. The van der Waals surface area contributed by atoms with Crippen LogP contribution in [0.15, 0.2) is 6.07 Å². The van der Waals surface area contributed by atoms with Crippen LogP contribution in [0.25, 0.3) is 0 Å². The van der Waals surface area contributed by atoms with E-state index in [1.807, 2.05) is 19.9 Å². The van der Waals surface area contributed by atoms with E-state index >= 15 is 0 Å². The van der Waals surface area contributed by atoms with Crippen LogP contribution in [-0.2, 0) is 11.3 Å². The second-order valence-corrected chi connectivity index (χ2v) is 5.80. The summed E-state index contributed by atoms with van der Waals surface area (Å²) < 4.78 is 0. The number of aromatic nitrogens is 2. The summed E-state index contributed by atoms with van der Waals surface area (Å²) in [5.41, 5.74) is 6.40. The summed E-state index contributed by atoms with van der Waals surface area (Å²) in [7, 11) is 0. The quantitative estimate of drug-likeness (QED) is 0.854. The van der Waals surface area contributed by atoms with Gasteiger partial charge in [-0.1, -0.05) is 0 Å². The van der Waals surface area contributed by atoms with Gasteiger partial charge in [0.25, 0.3) is 0 Å². The van der Waals surface area contributed by atoms with Crippen molar-refractivity contribution in [2.24, 2.45) is 11.7 Å². The summed E-state index contributed by atoms with van der Waals surface area (Å²) in [5, 5.41) is 3.22. The smallest absolute Gasteiger partial charge is 0.221 e. The number of nitrogens with two attached hydrogens (primary N) is 1. The summed E-state index contributed by atoms with van der Waals surface area (Å²) >= 11 is 0. The molecule has 6 nitrogen and oxygen atoms in total. The molecule has 6 heteroatoms. The minimum absolute atomic E-state index is 0.0563. The molecule has 0 radical (unpaired) electrons. The third-order valence-corrected chi connectivity index (χ3v) is 4.02. The van der Waals surface area contributed by atoms with Gasteiger partial charge < -0.3 is 11.1 Å². The Hall–Kier alpha value is -1.69. The molecule has 0 spiro atoms. The van der Waals surface area contributed by atoms with Crippen LogP contribution in [0.3, 0.4) is 0 Å². The Morgan fingerprint density at radius 2 is 2.24 bits per heavy atom. The standard InChI is InChI=1S/C15H25N5O/c1-4-17-13-7-10(2)18-14(19-13)9-20-8-12(15(16)21)6-5-11(20)3/h7,11-12H,4-6,8-9H2,1-3H3,(H2,16,21)(H,17,18,19). The number of anilines is 1. The molecule has 3 N–H and O–H groups in total. The van der Waals surface area contributed by atoms with E-state index in [1.54, 1.807) is 0 Å². The van der Waals surface area contributed by atoms with Crippen LogP contribution in [0.1, 0.15) is 38.2 Å². The molecule has 2 unspecified atom stereocenters. The number of primary amides is 1. The van der Waals surface area contributed by atoms with Crippen molar-refractivity contribution in [3.63, 3.8) is 0 Å². The minimum Gasteiger partial charge on any atom is -0.370 e. The third kappa shape index (κ3) is 4.14. The lowest BCUT2D eigenvalue weighted by atomic mass is 9.93. The summed E-state index contributed by atoms with van der Waals surface area (Å²) in [6, 6.07) is 2.37. The molecule has 0 saturated carbocycles. The largest absolute Gasteiger partial charge is 0.370 e. The monoisotopic (exact) mass is 291 g/mol. The Bertz CT molecular complexity index is 505. The lowest BCUT2D eigenvalue weighted by molar-refractivity contribution is -0.124. The minimum atomic E-state index is -0.203. The van der Waals surface area contributed by atoms with Gasteiger partial charge in [0.05, 0.1) is 12.5 Å². The van der Waals surface area contributed by atoms with Crippen molar-refractivity contribution < 1.29 is 4.79 Å². The number of hydrogen-bond donors (Lipinski definition) is 2. The molecule has 1 aromatic rings. The van der Waals surface area contributed by atoms with Crippen molar-refractivity contribution in [1.82, 2.24) is 14.9 Å². The highest BCUT2D eigenvalue weighted by Crippen LogP contribution is 2.23. The van der Waals surface area contributed by atoms with Gasteiger partial charge in [0.1, 0.15) is 11.6 Å². The maximum Gasteiger partial charge on any atom is 0.221 e. The van der Waals surface area contributed by atoms with Crippen LogP contribution in [-0.4, -0.2) is 39.9 Å².